The fraction of sp³-hybridized carbons (Fsp3) is 0.407. The number of aryl methyl sites for hydroxylation is 2. The Kier molecular flexibility index (Phi) is 8.21. The van der Waals surface area contributed by atoms with Crippen LogP contribution in [0.4, 0.5) is 0 Å². The van der Waals surface area contributed by atoms with E-state index in [1.807, 2.05) is 64.1 Å². The summed E-state index contributed by atoms with van der Waals surface area (Å²) in [5.74, 6) is -0.0481. The molecule has 7 nitrogen and oxygen atoms in total. The minimum Gasteiger partial charge on any atom is -0.466 e. The molecule has 34 heavy (non-hydrogen) atoms. The van der Waals surface area contributed by atoms with Crippen LogP contribution in [0.15, 0.2) is 47.3 Å². The predicted octanol–water partition coefficient (Wildman–Crippen LogP) is 4.65. The summed E-state index contributed by atoms with van der Waals surface area (Å²) in [6.45, 7) is 10.3. The Morgan fingerprint density at radius 1 is 1.03 bits per heavy atom. The molecule has 1 heterocycles. The molecule has 3 rings (SSSR count). The van der Waals surface area contributed by atoms with Gasteiger partial charge in [0, 0.05) is 13.0 Å². The molecule has 0 bridgehead atoms. The van der Waals surface area contributed by atoms with Crippen LogP contribution in [-0.2, 0) is 14.3 Å². The monoisotopic (exact) mass is 463 g/mol. The average molecular weight is 464 g/mol. The molecule has 0 saturated heterocycles. The number of fused-ring (bicyclic) bond motifs is 1. The van der Waals surface area contributed by atoms with E-state index in [1.165, 1.54) is 0 Å². The van der Waals surface area contributed by atoms with Crippen LogP contribution in [0.3, 0.4) is 0 Å². The Morgan fingerprint density at radius 3 is 2.41 bits per heavy atom. The maximum atomic E-state index is 13.7. The van der Waals surface area contributed by atoms with Gasteiger partial charge in [-0.15, -0.1) is 0 Å². The molecule has 180 valence electrons. The van der Waals surface area contributed by atoms with Gasteiger partial charge in [0.25, 0.3) is 5.56 Å². The lowest BCUT2D eigenvalue weighted by Crippen LogP contribution is -2.38. The first kappa shape index (κ1) is 25.1. The Bertz CT molecular complexity index is 1250. The highest BCUT2D eigenvalue weighted by molar-refractivity contribution is 5.82. The third-order valence-electron chi connectivity index (χ3n) is 6.12. The Hall–Kier alpha value is -3.48. The Balaban J connectivity index is 2.14. The third kappa shape index (κ3) is 5.19. The molecule has 1 amide bonds. The predicted molar refractivity (Wildman–Crippen MR) is 133 cm³/mol. The van der Waals surface area contributed by atoms with Gasteiger partial charge in [0.2, 0.25) is 5.91 Å². The largest absolute Gasteiger partial charge is 0.466 e. The molecule has 7 heteroatoms. The first-order chi connectivity index (χ1) is 16.3. The van der Waals surface area contributed by atoms with Crippen LogP contribution in [0, 0.1) is 13.8 Å². The lowest BCUT2D eigenvalue weighted by molar-refractivity contribution is -0.146. The van der Waals surface area contributed by atoms with Crippen LogP contribution in [0.1, 0.15) is 63.0 Å². The van der Waals surface area contributed by atoms with Crippen molar-refractivity contribution in [3.05, 3.63) is 69.8 Å². The normalized spacial score (nSPS) is 11.9. The van der Waals surface area contributed by atoms with Crippen molar-refractivity contribution in [1.82, 2.24) is 14.5 Å². The lowest BCUT2D eigenvalue weighted by Gasteiger charge is -2.31. The molecule has 0 aliphatic rings. The number of benzene rings is 2. The van der Waals surface area contributed by atoms with Crippen molar-refractivity contribution in [2.75, 3.05) is 13.2 Å². The summed E-state index contributed by atoms with van der Waals surface area (Å²) in [6.07, 6.45) is 0.633. The minimum absolute atomic E-state index is 0.0225. The Labute approximate surface area is 200 Å². The summed E-state index contributed by atoms with van der Waals surface area (Å²) in [7, 11) is 0. The highest BCUT2D eigenvalue weighted by atomic mass is 16.5. The van der Waals surface area contributed by atoms with E-state index in [1.54, 1.807) is 22.5 Å². The van der Waals surface area contributed by atoms with Gasteiger partial charge in [-0.3, -0.25) is 19.0 Å². The number of para-hydroxylation sites is 1. The number of rotatable bonds is 9. The summed E-state index contributed by atoms with van der Waals surface area (Å²) in [6, 6.07) is 12.7. The molecular weight excluding hydrogens is 430 g/mol. The molecule has 1 aromatic heterocycles. The molecular formula is C27H33N3O4. The van der Waals surface area contributed by atoms with E-state index in [0.29, 0.717) is 29.7 Å². The lowest BCUT2D eigenvalue weighted by atomic mass is 10.1. The van der Waals surface area contributed by atoms with Gasteiger partial charge in [-0.1, -0.05) is 25.1 Å². The molecule has 0 spiro atoms. The highest BCUT2D eigenvalue weighted by Crippen LogP contribution is 2.27. The van der Waals surface area contributed by atoms with Crippen molar-refractivity contribution < 1.29 is 14.3 Å². The number of amides is 1. The molecule has 2 aromatic carbocycles. The van der Waals surface area contributed by atoms with E-state index < -0.39 is 12.0 Å². The minimum atomic E-state index is -0.432. The summed E-state index contributed by atoms with van der Waals surface area (Å²) < 4.78 is 6.60. The molecule has 0 saturated carbocycles. The second-order valence-corrected chi connectivity index (χ2v) is 8.31. The Morgan fingerprint density at radius 2 is 1.76 bits per heavy atom. The van der Waals surface area contributed by atoms with Gasteiger partial charge in [-0.25, -0.2) is 4.98 Å². The quantitative estimate of drug-likeness (QED) is 0.432. The fourth-order valence-electron chi connectivity index (χ4n) is 4.19. The first-order valence-electron chi connectivity index (χ1n) is 11.9. The van der Waals surface area contributed by atoms with Gasteiger partial charge >= 0.3 is 5.97 Å². The van der Waals surface area contributed by atoms with Crippen LogP contribution in [-0.4, -0.2) is 39.5 Å². The number of carbonyl (C=O) groups excluding carboxylic acids is 2. The molecule has 3 aromatic rings. The molecule has 0 aliphatic heterocycles. The van der Waals surface area contributed by atoms with Crippen molar-refractivity contribution >= 4 is 22.8 Å². The fourth-order valence-corrected chi connectivity index (χ4v) is 4.19. The van der Waals surface area contributed by atoms with Crippen molar-refractivity contribution in [1.29, 1.82) is 0 Å². The number of esters is 1. The van der Waals surface area contributed by atoms with E-state index in [4.69, 9.17) is 9.72 Å². The number of nitrogens with zero attached hydrogens (tertiary/aromatic N) is 3. The number of ether oxygens (including phenoxy) is 1. The van der Waals surface area contributed by atoms with E-state index in [0.717, 1.165) is 16.8 Å². The van der Waals surface area contributed by atoms with E-state index in [2.05, 4.69) is 0 Å². The molecule has 0 aliphatic carbocycles. The molecule has 0 N–H and O–H groups in total. The summed E-state index contributed by atoms with van der Waals surface area (Å²) in [4.78, 5) is 45.2. The number of hydrogen-bond acceptors (Lipinski definition) is 5. The zero-order valence-corrected chi connectivity index (χ0v) is 20.6. The molecule has 0 fully saturated rings. The number of hydrogen-bond donors (Lipinski definition) is 0. The molecule has 0 radical (unpaired) electrons. The van der Waals surface area contributed by atoms with Crippen LogP contribution in [0.25, 0.3) is 16.6 Å². The summed E-state index contributed by atoms with van der Waals surface area (Å²) in [5.41, 5.74) is 3.33. The van der Waals surface area contributed by atoms with Crippen LogP contribution in [0.2, 0.25) is 0 Å². The van der Waals surface area contributed by atoms with Crippen LogP contribution in [0.5, 0.6) is 0 Å². The zero-order chi connectivity index (χ0) is 24.8. The summed E-state index contributed by atoms with van der Waals surface area (Å²) in [5, 5.41) is 0.524. The highest BCUT2D eigenvalue weighted by Gasteiger charge is 2.28. The first-order valence-corrected chi connectivity index (χ1v) is 11.9. The van der Waals surface area contributed by atoms with E-state index >= 15 is 0 Å². The van der Waals surface area contributed by atoms with Gasteiger partial charge in [0.15, 0.2) is 0 Å². The zero-order valence-electron chi connectivity index (χ0n) is 20.6. The van der Waals surface area contributed by atoms with Gasteiger partial charge in [0.1, 0.15) is 5.82 Å². The van der Waals surface area contributed by atoms with Crippen molar-refractivity contribution in [3.63, 3.8) is 0 Å². The van der Waals surface area contributed by atoms with Crippen molar-refractivity contribution in [3.8, 4) is 5.69 Å². The second-order valence-electron chi connectivity index (χ2n) is 8.31. The summed E-state index contributed by atoms with van der Waals surface area (Å²) >= 11 is 0. The van der Waals surface area contributed by atoms with Gasteiger partial charge in [0.05, 0.1) is 35.7 Å². The maximum Gasteiger partial charge on any atom is 0.306 e. The number of carbonyl (C=O) groups is 2. The van der Waals surface area contributed by atoms with Crippen molar-refractivity contribution in [2.45, 2.75) is 59.9 Å². The van der Waals surface area contributed by atoms with E-state index in [-0.39, 0.29) is 30.9 Å². The SMILES string of the molecule is CCOC(=O)CCC(=O)N(CC)C(CC)c1nc2ccccc2c(=O)n1-c1ccc(C)c(C)c1. The van der Waals surface area contributed by atoms with Gasteiger partial charge < -0.3 is 9.64 Å². The second kappa shape index (κ2) is 11.1. The van der Waals surface area contributed by atoms with Gasteiger partial charge in [-0.05, 0) is 69.5 Å². The molecule has 1 atom stereocenters. The standard InChI is InChI=1S/C27H33N3O4/c1-6-23(29(7-2)24(31)15-16-25(32)34-8-3)26-28-22-12-10-9-11-21(22)27(33)30(26)20-14-13-18(4)19(5)17-20/h9-14,17,23H,6-8,15-16H2,1-5H3. The number of aromatic nitrogens is 2. The van der Waals surface area contributed by atoms with E-state index in [9.17, 15) is 14.4 Å². The third-order valence-corrected chi connectivity index (χ3v) is 6.12. The van der Waals surface area contributed by atoms with Crippen molar-refractivity contribution in [2.24, 2.45) is 0 Å². The molecule has 1 unspecified atom stereocenters. The maximum absolute atomic E-state index is 13.7. The van der Waals surface area contributed by atoms with Crippen LogP contribution >= 0.6 is 0 Å². The van der Waals surface area contributed by atoms with Crippen LogP contribution < -0.4 is 5.56 Å². The topological polar surface area (TPSA) is 81.5 Å². The smallest absolute Gasteiger partial charge is 0.306 e. The average Bonchev–Trinajstić information content (AvgIpc) is 2.83. The van der Waals surface area contributed by atoms with Gasteiger partial charge in [-0.2, -0.15) is 0 Å².